The molecule has 57 heavy (non-hydrogen) atoms. The van der Waals surface area contributed by atoms with Crippen LogP contribution in [0.5, 0.6) is 0 Å². The molecule has 7 atom stereocenters. The van der Waals surface area contributed by atoms with Crippen LogP contribution >= 0.6 is 11.8 Å². The van der Waals surface area contributed by atoms with Crippen LogP contribution < -0.4 is 71.2 Å². The fourth-order valence-corrected chi connectivity index (χ4v) is 5.83. The number of hydrogen-bond acceptors (Lipinski definition) is 14. The van der Waals surface area contributed by atoms with Crippen molar-refractivity contribution in [3.05, 3.63) is 0 Å². The van der Waals surface area contributed by atoms with Crippen molar-refractivity contribution in [2.24, 2.45) is 28.7 Å². The van der Waals surface area contributed by atoms with Gasteiger partial charge in [0, 0.05) is 18.7 Å². The monoisotopic (exact) mass is 831 g/mol. The maximum Gasteiger partial charge on any atom is 0.309 e. The highest BCUT2D eigenvalue weighted by atomic mass is 32.2. The summed E-state index contributed by atoms with van der Waals surface area (Å²) in [6.45, 7) is 6.98. The average Bonchev–Trinajstić information content (AvgIpc) is 3.15. The summed E-state index contributed by atoms with van der Waals surface area (Å²) in [4.78, 5) is 114. The molecule has 326 valence electrons. The number of amides is 9. The van der Waals surface area contributed by atoms with E-state index in [2.05, 4.69) is 42.5 Å². The summed E-state index contributed by atoms with van der Waals surface area (Å²) < 4.78 is 0. The lowest BCUT2D eigenvalue weighted by Crippen LogP contribution is -2.57. The number of nitrogens with two attached hydrogens (primary N) is 5. The number of primary amides is 1. The third-order valence-corrected chi connectivity index (χ3v) is 9.18. The summed E-state index contributed by atoms with van der Waals surface area (Å²) in [5, 5.41) is 20.0. The predicted molar refractivity (Wildman–Crippen MR) is 214 cm³/mol. The van der Waals surface area contributed by atoms with Gasteiger partial charge in [-0.1, -0.05) is 0 Å². The molecule has 0 saturated heterocycles. The Morgan fingerprint density at radius 3 is 1.39 bits per heavy atom. The van der Waals surface area contributed by atoms with Crippen LogP contribution in [0.3, 0.4) is 0 Å². The van der Waals surface area contributed by atoms with Gasteiger partial charge in [-0.2, -0.15) is 0 Å². The fraction of sp³-hybridized carbons (Fsp3) is 0.735. The van der Waals surface area contributed by atoms with Crippen LogP contribution in [0.1, 0.15) is 79.1 Å². The van der Waals surface area contributed by atoms with Crippen molar-refractivity contribution in [2.45, 2.75) is 121 Å². The summed E-state index contributed by atoms with van der Waals surface area (Å²) in [5.41, 5.74) is 27.5. The van der Waals surface area contributed by atoms with E-state index in [1.165, 1.54) is 20.8 Å². The molecule has 0 unspecified atom stereocenters. The van der Waals surface area contributed by atoms with E-state index < -0.39 is 89.4 Å². The van der Waals surface area contributed by atoms with Crippen LogP contribution in [0.2, 0.25) is 0 Å². The first-order chi connectivity index (χ1) is 26.9. The second kappa shape index (κ2) is 29.6. The van der Waals surface area contributed by atoms with E-state index in [0.717, 1.165) is 11.8 Å². The molecule has 23 heteroatoms. The molecule has 22 nitrogen and oxygen atoms in total. The zero-order valence-corrected chi connectivity index (χ0v) is 34.2. The molecule has 9 amide bonds. The first-order valence-corrected chi connectivity index (χ1v) is 20.1. The zero-order chi connectivity index (χ0) is 43.5. The largest absolute Gasteiger partial charge is 0.368 e. The molecular weight excluding hydrogens is 767 g/mol. The van der Waals surface area contributed by atoms with Gasteiger partial charge in [0.25, 0.3) is 0 Å². The SMILES string of the molecule is CC(=O)N[C@H](CSCNC(=O)C(=O)N[C@H](CCCN)C(=O)N[C@H](C)C(=O)N[C@H](CCCN)C(N)=O)C(=O)N[C@H](C)C(=O)N[C@H](CCCN)C(=O)N[C@H](C)CCCN. The van der Waals surface area contributed by atoms with Crippen molar-refractivity contribution in [2.75, 3.05) is 37.8 Å². The van der Waals surface area contributed by atoms with Crippen LogP contribution in [0.15, 0.2) is 0 Å². The topological polar surface area (TPSA) is 380 Å². The van der Waals surface area contributed by atoms with E-state index in [4.69, 9.17) is 28.7 Å². The molecular formula is C34H65N13O9S. The van der Waals surface area contributed by atoms with E-state index in [-0.39, 0.29) is 56.4 Å². The molecule has 0 bridgehead atoms. The standard InChI is InChI=1S/C34H65N13O9S/c1-19(9-5-13-35)41-30(52)24(11-7-15-37)46-29(51)21(3)43-32(54)26(44-22(4)48)17-57-18-40-33(55)34(56)47-25(12-8-16-38)31(53)42-20(2)28(50)45-23(27(39)49)10-6-14-36/h19-21,23-26H,5-18,35-38H2,1-4H3,(H2,39,49)(H,40,55)(H,41,52)(H,42,53)(H,43,54)(H,44,48)(H,45,50)(H,46,51)(H,47,56)/t19-,20-,21-,23-,24-,25-,26-/m1/s1. The van der Waals surface area contributed by atoms with Crippen LogP contribution in [-0.2, 0) is 43.2 Å². The Kier molecular flexibility index (Phi) is 27.2. The summed E-state index contributed by atoms with van der Waals surface area (Å²) >= 11 is 0.969. The molecule has 0 aliphatic heterocycles. The molecule has 0 aromatic rings. The molecule has 0 fully saturated rings. The summed E-state index contributed by atoms with van der Waals surface area (Å²) in [6, 6.07) is -6.74. The zero-order valence-electron chi connectivity index (χ0n) is 33.4. The average molecular weight is 832 g/mol. The van der Waals surface area contributed by atoms with Crippen molar-refractivity contribution >= 4 is 64.9 Å². The lowest BCUT2D eigenvalue weighted by molar-refractivity contribution is -0.140. The van der Waals surface area contributed by atoms with E-state index in [9.17, 15) is 43.2 Å². The lowest BCUT2D eigenvalue weighted by Gasteiger charge is -2.24. The highest BCUT2D eigenvalue weighted by molar-refractivity contribution is 7.99. The van der Waals surface area contributed by atoms with Gasteiger partial charge in [0.2, 0.25) is 41.4 Å². The second-order valence-corrected chi connectivity index (χ2v) is 14.4. The molecule has 0 radical (unpaired) electrons. The Bertz CT molecular complexity index is 1340. The number of carbonyl (C=O) groups excluding carboxylic acids is 9. The van der Waals surface area contributed by atoms with Gasteiger partial charge in [-0.05, 0) is 98.3 Å². The Morgan fingerprint density at radius 2 is 0.912 bits per heavy atom. The van der Waals surface area contributed by atoms with Crippen molar-refractivity contribution in [3.8, 4) is 0 Å². The molecule has 0 spiro atoms. The minimum Gasteiger partial charge on any atom is -0.368 e. The Labute approximate surface area is 337 Å². The van der Waals surface area contributed by atoms with Gasteiger partial charge >= 0.3 is 11.8 Å². The molecule has 0 aliphatic carbocycles. The van der Waals surface area contributed by atoms with Crippen molar-refractivity contribution in [3.63, 3.8) is 0 Å². The molecule has 0 aliphatic rings. The van der Waals surface area contributed by atoms with Gasteiger partial charge in [0.05, 0.1) is 5.88 Å². The number of thioether (sulfide) groups is 1. The van der Waals surface area contributed by atoms with E-state index in [1.807, 2.05) is 6.92 Å². The summed E-state index contributed by atoms with van der Waals surface area (Å²) in [5.74, 6) is -7.15. The van der Waals surface area contributed by atoms with Gasteiger partial charge in [0.1, 0.15) is 36.3 Å². The van der Waals surface area contributed by atoms with Crippen LogP contribution in [-0.4, -0.2) is 133 Å². The molecule has 0 saturated carbocycles. The number of rotatable bonds is 29. The van der Waals surface area contributed by atoms with Gasteiger partial charge in [-0.15, -0.1) is 11.8 Å². The van der Waals surface area contributed by atoms with Gasteiger partial charge in [-0.25, -0.2) is 0 Å². The van der Waals surface area contributed by atoms with Crippen molar-refractivity contribution in [1.82, 2.24) is 42.5 Å². The number of carbonyl (C=O) groups is 9. The Balaban J connectivity index is 5.28. The number of hydrogen-bond donors (Lipinski definition) is 13. The third kappa shape index (κ3) is 22.7. The highest BCUT2D eigenvalue weighted by Gasteiger charge is 2.30. The van der Waals surface area contributed by atoms with Crippen LogP contribution in [0.4, 0.5) is 0 Å². The minimum atomic E-state index is -1.25. The Hall–Kier alpha value is -4.58. The summed E-state index contributed by atoms with van der Waals surface area (Å²) in [6.07, 6.45) is 3.02. The van der Waals surface area contributed by atoms with Crippen molar-refractivity contribution in [1.29, 1.82) is 0 Å². The molecule has 0 rings (SSSR count). The number of nitrogens with one attached hydrogen (secondary N) is 8. The van der Waals surface area contributed by atoms with E-state index >= 15 is 0 Å². The predicted octanol–water partition coefficient (Wildman–Crippen LogP) is -5.29. The first-order valence-electron chi connectivity index (χ1n) is 19.0. The molecule has 0 aromatic heterocycles. The van der Waals surface area contributed by atoms with Crippen molar-refractivity contribution < 1.29 is 43.2 Å². The third-order valence-electron chi connectivity index (χ3n) is 8.26. The van der Waals surface area contributed by atoms with Crippen LogP contribution in [0, 0.1) is 0 Å². The van der Waals surface area contributed by atoms with Crippen LogP contribution in [0.25, 0.3) is 0 Å². The van der Waals surface area contributed by atoms with Gasteiger partial charge < -0.3 is 71.2 Å². The molecule has 0 heterocycles. The van der Waals surface area contributed by atoms with Gasteiger partial charge in [-0.3, -0.25) is 43.2 Å². The second-order valence-electron chi connectivity index (χ2n) is 13.4. The molecule has 18 N–H and O–H groups in total. The maximum atomic E-state index is 13.1. The highest BCUT2D eigenvalue weighted by Crippen LogP contribution is 2.05. The molecule has 0 aromatic carbocycles. The van der Waals surface area contributed by atoms with E-state index in [0.29, 0.717) is 38.8 Å². The quantitative estimate of drug-likeness (QED) is 0.0190. The maximum absolute atomic E-state index is 13.1. The fourth-order valence-electron chi connectivity index (χ4n) is 5.01. The van der Waals surface area contributed by atoms with Gasteiger partial charge in [0.15, 0.2) is 0 Å². The minimum absolute atomic E-state index is 0.0325. The van der Waals surface area contributed by atoms with E-state index in [1.54, 1.807) is 0 Å². The first kappa shape index (κ1) is 52.4. The lowest BCUT2D eigenvalue weighted by atomic mass is 10.1. The smallest absolute Gasteiger partial charge is 0.309 e. The normalized spacial score (nSPS) is 14.5. The Morgan fingerprint density at radius 1 is 0.491 bits per heavy atom. The summed E-state index contributed by atoms with van der Waals surface area (Å²) in [7, 11) is 0.